The Hall–Kier alpha value is -0.110. The molecule has 1 saturated heterocycles. The van der Waals surface area contributed by atoms with Gasteiger partial charge in [0.1, 0.15) is 6.17 Å². The number of hydrogen-bond donors (Lipinski definition) is 0. The zero-order valence-electron chi connectivity index (χ0n) is 23.0. The maximum atomic E-state index is 14.9. The van der Waals surface area contributed by atoms with Crippen molar-refractivity contribution in [3.8, 4) is 0 Å². The lowest BCUT2D eigenvalue weighted by atomic mass is 9.68. The summed E-state index contributed by atoms with van der Waals surface area (Å²) < 4.78 is 83.3. The van der Waals surface area contributed by atoms with Crippen LogP contribution in [0.25, 0.3) is 0 Å². The van der Waals surface area contributed by atoms with E-state index < -0.39 is 43.2 Å². The Kier molecular flexibility index (Phi) is 3.09. The first kappa shape index (κ1) is 10.0. The van der Waals surface area contributed by atoms with Gasteiger partial charge in [0.15, 0.2) is 0 Å². The van der Waals surface area contributed by atoms with Gasteiger partial charge in [-0.15, -0.1) is 0 Å². The van der Waals surface area contributed by atoms with E-state index in [-0.39, 0.29) is 30.2 Å². The molecule has 2 fully saturated rings. The van der Waals surface area contributed by atoms with E-state index in [0.29, 0.717) is 17.7 Å². The molecule has 1 aliphatic heterocycles. The van der Waals surface area contributed by atoms with Crippen molar-refractivity contribution in [1.82, 2.24) is 4.90 Å². The van der Waals surface area contributed by atoms with Crippen molar-refractivity contribution >= 4 is 0 Å². The van der Waals surface area contributed by atoms with Gasteiger partial charge in [-0.25, -0.2) is 4.39 Å². The molecule has 2 aliphatic rings. The van der Waals surface area contributed by atoms with Crippen molar-refractivity contribution in [1.29, 1.82) is 0 Å². The van der Waals surface area contributed by atoms with Crippen LogP contribution in [0.1, 0.15) is 84.5 Å². The maximum absolute atomic E-state index is 14.9. The predicted molar refractivity (Wildman–Crippen MR) is 93.8 cm³/mol. The summed E-state index contributed by atoms with van der Waals surface area (Å²) in [4.78, 5) is 0.705. The SMILES string of the molecule is [2H]C1([2H])C(C(C)(C)C)C([2H])([2H])C([2H])([2H])N(CC2CCC(C(C)(C)C)C(F)C2)C1([2H])[2H]. The lowest BCUT2D eigenvalue weighted by Gasteiger charge is -2.43. The van der Waals surface area contributed by atoms with Gasteiger partial charge in [0, 0.05) is 17.5 Å². The molecule has 3 atom stereocenters. The molecule has 2 rings (SSSR count). The second-order valence-electron chi connectivity index (χ2n) is 9.09. The fraction of sp³-hybridized carbons (Fsp3) is 1.00. The number of halogens is 1. The van der Waals surface area contributed by atoms with E-state index in [0.717, 1.165) is 0 Å². The molecule has 0 aromatic carbocycles. The molecular formula is C20H38FN. The highest BCUT2D eigenvalue weighted by atomic mass is 19.1. The van der Waals surface area contributed by atoms with Crippen LogP contribution in [0.5, 0.6) is 0 Å². The molecule has 0 aromatic heterocycles. The van der Waals surface area contributed by atoms with Crippen LogP contribution in [-0.4, -0.2) is 30.6 Å². The van der Waals surface area contributed by atoms with Gasteiger partial charge in [-0.05, 0) is 73.6 Å². The largest absolute Gasteiger partial charge is 0.303 e. The van der Waals surface area contributed by atoms with Gasteiger partial charge in [-0.3, -0.25) is 0 Å². The molecule has 1 nitrogen and oxygen atoms in total. The van der Waals surface area contributed by atoms with Gasteiger partial charge in [0.25, 0.3) is 0 Å². The average molecular weight is 320 g/mol. The molecule has 0 spiro atoms. The van der Waals surface area contributed by atoms with Crippen molar-refractivity contribution < 1.29 is 15.4 Å². The summed E-state index contributed by atoms with van der Waals surface area (Å²) in [5, 5.41) is 0. The summed E-state index contributed by atoms with van der Waals surface area (Å²) in [6, 6.07) is 0. The second-order valence-corrected chi connectivity index (χ2v) is 9.09. The number of nitrogens with zero attached hydrogens (tertiary/aromatic N) is 1. The molecule has 0 amide bonds. The molecule has 0 bridgehead atoms. The zero-order valence-corrected chi connectivity index (χ0v) is 15.0. The summed E-state index contributed by atoms with van der Waals surface area (Å²) in [5.74, 6) is -2.00. The van der Waals surface area contributed by atoms with E-state index >= 15 is 0 Å². The van der Waals surface area contributed by atoms with Gasteiger partial charge in [-0.2, -0.15) is 0 Å². The Morgan fingerprint density at radius 1 is 1.00 bits per heavy atom. The van der Waals surface area contributed by atoms with Crippen LogP contribution < -0.4 is 0 Å². The van der Waals surface area contributed by atoms with Crippen molar-refractivity contribution in [3.05, 3.63) is 0 Å². The van der Waals surface area contributed by atoms with Crippen molar-refractivity contribution in [2.24, 2.45) is 28.6 Å². The Morgan fingerprint density at radius 2 is 1.59 bits per heavy atom. The van der Waals surface area contributed by atoms with Crippen molar-refractivity contribution in [2.45, 2.75) is 79.7 Å². The third-order valence-corrected chi connectivity index (χ3v) is 4.99. The molecule has 22 heavy (non-hydrogen) atoms. The fourth-order valence-electron chi connectivity index (χ4n) is 3.47. The summed E-state index contributed by atoms with van der Waals surface area (Å²) in [5.41, 5.74) is -1.21. The van der Waals surface area contributed by atoms with E-state index in [4.69, 9.17) is 11.0 Å². The normalized spacial score (nSPS) is 47.7. The number of likely N-dealkylation sites (tertiary alicyclic amines) is 1. The Balaban J connectivity index is 2.39. The zero-order chi connectivity index (χ0) is 23.7. The van der Waals surface area contributed by atoms with Crippen LogP contribution in [-0.2, 0) is 0 Å². The number of rotatable bonds is 2. The summed E-state index contributed by atoms with van der Waals surface area (Å²) >= 11 is 0. The first-order valence-corrected chi connectivity index (χ1v) is 8.51. The van der Waals surface area contributed by atoms with Crippen LogP contribution in [0, 0.1) is 28.6 Å². The van der Waals surface area contributed by atoms with Crippen LogP contribution in [0.15, 0.2) is 0 Å². The Morgan fingerprint density at radius 3 is 2.05 bits per heavy atom. The first-order valence-electron chi connectivity index (χ1n) is 12.5. The van der Waals surface area contributed by atoms with Crippen LogP contribution >= 0.6 is 0 Å². The third kappa shape index (κ3) is 4.69. The van der Waals surface area contributed by atoms with Crippen LogP contribution in [0.3, 0.4) is 0 Å². The van der Waals surface area contributed by atoms with E-state index in [1.165, 1.54) is 0 Å². The molecule has 0 radical (unpaired) electrons. The van der Waals surface area contributed by atoms with Gasteiger partial charge in [0.05, 0.1) is 0 Å². The quantitative estimate of drug-likeness (QED) is 0.645. The molecule has 1 saturated carbocycles. The maximum Gasteiger partial charge on any atom is 0.104 e. The van der Waals surface area contributed by atoms with Gasteiger partial charge < -0.3 is 4.90 Å². The molecule has 2 heteroatoms. The average Bonchev–Trinajstić information content (AvgIpc) is 2.47. The van der Waals surface area contributed by atoms with E-state index in [9.17, 15) is 4.39 Å². The van der Waals surface area contributed by atoms with Crippen molar-refractivity contribution in [2.75, 3.05) is 19.5 Å². The number of alkyl halides is 1. The van der Waals surface area contributed by atoms with Gasteiger partial charge >= 0.3 is 0 Å². The monoisotopic (exact) mass is 319 g/mol. The predicted octanol–water partition coefficient (Wildman–Crippen LogP) is 5.55. The molecule has 0 N–H and O–H groups in total. The first-order chi connectivity index (χ1) is 13.1. The minimum absolute atomic E-state index is 0.133. The van der Waals surface area contributed by atoms with E-state index in [1.54, 1.807) is 20.8 Å². The highest BCUT2D eigenvalue weighted by molar-refractivity contribution is 4.89. The molecule has 130 valence electrons. The lowest BCUT2D eigenvalue weighted by Crippen LogP contribution is -2.43. The Labute approximate surface area is 149 Å². The Bertz CT molecular complexity index is 610. The van der Waals surface area contributed by atoms with Crippen molar-refractivity contribution in [3.63, 3.8) is 0 Å². The highest BCUT2D eigenvalue weighted by Crippen LogP contribution is 2.42. The van der Waals surface area contributed by atoms with Gasteiger partial charge in [0.2, 0.25) is 0 Å². The minimum atomic E-state index is -2.74. The van der Waals surface area contributed by atoms with E-state index in [2.05, 4.69) is 0 Å². The number of hydrogen-bond acceptors (Lipinski definition) is 1. The lowest BCUT2D eigenvalue weighted by molar-refractivity contribution is 0.0303. The minimum Gasteiger partial charge on any atom is -0.303 e. The standard InChI is InChI=1S/C20H38FN/c1-19(2,3)16-9-11-22(12-10-16)14-15-7-8-17(18(21)13-15)20(4,5)6/h15-18H,7-14H2,1-6H3/i9D2,10D2,11D2,12D2. The molecule has 1 heterocycles. The third-order valence-electron chi connectivity index (χ3n) is 4.99. The summed E-state index contributed by atoms with van der Waals surface area (Å²) in [7, 11) is 0. The number of piperidine rings is 1. The van der Waals surface area contributed by atoms with E-state index in [1.807, 2.05) is 20.8 Å². The smallest absolute Gasteiger partial charge is 0.104 e. The van der Waals surface area contributed by atoms with Crippen LogP contribution in [0.4, 0.5) is 4.39 Å². The molecular weight excluding hydrogens is 273 g/mol. The fourth-order valence-corrected chi connectivity index (χ4v) is 3.47. The highest BCUT2D eigenvalue weighted by Gasteiger charge is 2.38. The summed E-state index contributed by atoms with van der Waals surface area (Å²) in [6.07, 6.45) is -5.05. The second kappa shape index (κ2) is 6.79. The molecule has 1 aliphatic carbocycles. The molecule has 3 unspecified atom stereocenters. The molecule has 0 aromatic rings. The topological polar surface area (TPSA) is 3.24 Å². The van der Waals surface area contributed by atoms with Gasteiger partial charge in [-0.1, -0.05) is 41.5 Å². The van der Waals surface area contributed by atoms with Crippen LogP contribution in [0.2, 0.25) is 0 Å². The summed E-state index contributed by atoms with van der Waals surface area (Å²) in [6.45, 7) is 5.09.